The number of benzene rings is 2. The lowest BCUT2D eigenvalue weighted by atomic mass is 10.1. The Morgan fingerprint density at radius 1 is 1.04 bits per heavy atom. The van der Waals surface area contributed by atoms with Crippen molar-refractivity contribution in [1.29, 1.82) is 0 Å². The van der Waals surface area contributed by atoms with E-state index in [1.807, 2.05) is 42.5 Å². The maximum absolute atomic E-state index is 6.25. The highest BCUT2D eigenvalue weighted by molar-refractivity contribution is 7.13. The summed E-state index contributed by atoms with van der Waals surface area (Å²) in [6, 6.07) is 16.1. The molecule has 0 spiro atoms. The van der Waals surface area contributed by atoms with Crippen LogP contribution in [0.25, 0.3) is 10.6 Å². The van der Waals surface area contributed by atoms with E-state index in [1.54, 1.807) is 11.3 Å². The third-order valence-corrected chi connectivity index (χ3v) is 5.33. The third kappa shape index (κ3) is 3.93. The zero-order valence-corrected chi connectivity index (χ0v) is 15.0. The van der Waals surface area contributed by atoms with Crippen LogP contribution in [0.1, 0.15) is 24.2 Å². The van der Waals surface area contributed by atoms with Gasteiger partial charge in [0.05, 0.1) is 5.02 Å². The Bertz CT molecular complexity index is 801. The van der Waals surface area contributed by atoms with Gasteiger partial charge in [-0.1, -0.05) is 59.6 Å². The smallest absolute Gasteiger partial charge is 0.125 e. The highest BCUT2D eigenvalue weighted by Crippen LogP contribution is 2.30. The van der Waals surface area contributed by atoms with Crippen molar-refractivity contribution >= 4 is 34.5 Å². The van der Waals surface area contributed by atoms with Crippen molar-refractivity contribution in [2.24, 2.45) is 0 Å². The van der Waals surface area contributed by atoms with Gasteiger partial charge in [-0.25, -0.2) is 4.98 Å². The number of aromatic nitrogens is 1. The first kappa shape index (κ1) is 16.5. The zero-order valence-electron chi connectivity index (χ0n) is 12.7. The van der Waals surface area contributed by atoms with Crippen LogP contribution in [0.15, 0.2) is 53.9 Å². The van der Waals surface area contributed by atoms with Gasteiger partial charge in [-0.15, -0.1) is 11.3 Å². The molecule has 0 saturated heterocycles. The van der Waals surface area contributed by atoms with Crippen LogP contribution in [0, 0.1) is 0 Å². The Morgan fingerprint density at radius 3 is 2.48 bits per heavy atom. The van der Waals surface area contributed by atoms with Gasteiger partial charge in [-0.3, -0.25) is 0 Å². The van der Waals surface area contributed by atoms with Crippen LogP contribution in [0.3, 0.4) is 0 Å². The highest BCUT2D eigenvalue weighted by Gasteiger charge is 2.14. The Kier molecular flexibility index (Phi) is 5.34. The van der Waals surface area contributed by atoms with Gasteiger partial charge in [-0.2, -0.15) is 0 Å². The van der Waals surface area contributed by atoms with Crippen molar-refractivity contribution in [1.82, 2.24) is 4.98 Å². The van der Waals surface area contributed by atoms with Crippen molar-refractivity contribution in [2.75, 3.05) is 0 Å². The zero-order chi connectivity index (χ0) is 16.2. The molecule has 5 heteroatoms. The molecule has 0 amide bonds. The molecule has 0 saturated carbocycles. The predicted octanol–water partition coefficient (Wildman–Crippen LogP) is 4.94. The predicted molar refractivity (Wildman–Crippen MR) is 98.1 cm³/mol. The van der Waals surface area contributed by atoms with Gasteiger partial charge in [-0.05, 0) is 19.1 Å². The minimum Gasteiger partial charge on any atom is -0.335 e. The van der Waals surface area contributed by atoms with Gasteiger partial charge < -0.3 is 5.32 Å². The number of thiazole rings is 1. The van der Waals surface area contributed by atoms with Crippen molar-refractivity contribution in [2.45, 2.75) is 19.5 Å². The highest BCUT2D eigenvalue weighted by atomic mass is 35.5. The second kappa shape index (κ2) is 7.45. The molecule has 2 N–H and O–H groups in total. The summed E-state index contributed by atoms with van der Waals surface area (Å²) in [6.07, 6.45) is 0. The summed E-state index contributed by atoms with van der Waals surface area (Å²) < 4.78 is 0. The number of nitrogens with zero attached hydrogens (tertiary/aromatic N) is 1. The van der Waals surface area contributed by atoms with E-state index >= 15 is 0 Å². The van der Waals surface area contributed by atoms with E-state index in [4.69, 9.17) is 28.2 Å². The molecule has 0 aliphatic heterocycles. The fourth-order valence-corrected chi connectivity index (χ4v) is 3.89. The van der Waals surface area contributed by atoms with Crippen molar-refractivity contribution in [3.8, 4) is 10.6 Å². The SMILES string of the molecule is C[C@@H]([NH2+]Cc1csc(-c2ccccc2Cl)n1)c1ccccc1Cl. The maximum Gasteiger partial charge on any atom is 0.125 e. The summed E-state index contributed by atoms with van der Waals surface area (Å²) in [4.78, 5) is 4.70. The number of hydrogen-bond acceptors (Lipinski definition) is 2. The number of hydrogen-bond donors (Lipinski definition) is 1. The van der Waals surface area contributed by atoms with E-state index in [9.17, 15) is 0 Å². The minimum atomic E-state index is 0.286. The lowest BCUT2D eigenvalue weighted by Crippen LogP contribution is -2.83. The molecule has 118 valence electrons. The lowest BCUT2D eigenvalue weighted by Gasteiger charge is -2.11. The second-order valence-electron chi connectivity index (χ2n) is 5.37. The van der Waals surface area contributed by atoms with E-state index in [-0.39, 0.29) is 6.04 Å². The molecule has 1 atom stereocenters. The molecule has 0 aliphatic rings. The van der Waals surface area contributed by atoms with Crippen LogP contribution in [0.2, 0.25) is 10.0 Å². The quantitative estimate of drug-likeness (QED) is 0.683. The Morgan fingerprint density at radius 2 is 1.74 bits per heavy atom. The molecule has 0 radical (unpaired) electrons. The molecule has 1 heterocycles. The van der Waals surface area contributed by atoms with Crippen LogP contribution in [-0.2, 0) is 6.54 Å². The monoisotopic (exact) mass is 363 g/mol. The molecule has 0 bridgehead atoms. The largest absolute Gasteiger partial charge is 0.335 e. The Labute approximate surface area is 150 Å². The number of nitrogens with two attached hydrogens (primary N) is 1. The topological polar surface area (TPSA) is 29.5 Å². The van der Waals surface area contributed by atoms with Crippen LogP contribution in [0.4, 0.5) is 0 Å². The number of rotatable bonds is 5. The van der Waals surface area contributed by atoms with Gasteiger partial charge in [0.15, 0.2) is 0 Å². The van der Waals surface area contributed by atoms with E-state index in [1.165, 1.54) is 0 Å². The summed E-state index contributed by atoms with van der Waals surface area (Å²) in [5.41, 5.74) is 3.20. The first-order valence-corrected chi connectivity index (χ1v) is 9.06. The van der Waals surface area contributed by atoms with Gasteiger partial charge in [0, 0.05) is 21.5 Å². The van der Waals surface area contributed by atoms with Gasteiger partial charge in [0.2, 0.25) is 0 Å². The molecule has 1 aromatic heterocycles. The Hall–Kier alpha value is -1.39. The Balaban J connectivity index is 1.68. The van der Waals surface area contributed by atoms with Crippen molar-refractivity contribution < 1.29 is 5.32 Å². The fraction of sp³-hybridized carbons (Fsp3) is 0.167. The van der Waals surface area contributed by atoms with Crippen LogP contribution in [0.5, 0.6) is 0 Å². The summed E-state index contributed by atoms with van der Waals surface area (Å²) >= 11 is 14.1. The van der Waals surface area contributed by atoms with E-state index < -0.39 is 0 Å². The summed E-state index contributed by atoms with van der Waals surface area (Å²) in [7, 11) is 0. The number of quaternary nitrogens is 1. The van der Waals surface area contributed by atoms with Crippen LogP contribution >= 0.6 is 34.5 Å². The maximum atomic E-state index is 6.25. The van der Waals surface area contributed by atoms with Gasteiger partial charge >= 0.3 is 0 Å². The number of halogens is 2. The summed E-state index contributed by atoms with van der Waals surface area (Å²) in [6.45, 7) is 2.97. The molecule has 3 rings (SSSR count). The molecule has 2 nitrogen and oxygen atoms in total. The molecule has 0 fully saturated rings. The minimum absolute atomic E-state index is 0.286. The summed E-state index contributed by atoms with van der Waals surface area (Å²) in [5.74, 6) is 0. The summed E-state index contributed by atoms with van der Waals surface area (Å²) in [5, 5.41) is 6.85. The molecule has 0 aliphatic carbocycles. The second-order valence-corrected chi connectivity index (χ2v) is 7.05. The van der Waals surface area contributed by atoms with E-state index in [2.05, 4.69) is 23.7 Å². The average molecular weight is 364 g/mol. The lowest BCUT2D eigenvalue weighted by molar-refractivity contribution is -0.708. The molecule has 3 aromatic rings. The van der Waals surface area contributed by atoms with E-state index in [0.717, 1.165) is 38.4 Å². The average Bonchev–Trinajstić information content (AvgIpc) is 3.02. The standard InChI is InChI=1S/C18H16Cl2N2S/c1-12(14-6-2-4-8-16(14)19)21-10-13-11-23-18(22-13)15-7-3-5-9-17(15)20/h2-9,11-12,21H,10H2,1H3/p+1/t12-/m1/s1. The normalized spacial score (nSPS) is 12.3. The van der Waals surface area contributed by atoms with Crippen LogP contribution < -0.4 is 5.32 Å². The first-order valence-electron chi connectivity index (χ1n) is 7.42. The van der Waals surface area contributed by atoms with Crippen LogP contribution in [-0.4, -0.2) is 4.98 Å². The van der Waals surface area contributed by atoms with Gasteiger partial charge in [0.25, 0.3) is 0 Å². The van der Waals surface area contributed by atoms with Crippen molar-refractivity contribution in [3.63, 3.8) is 0 Å². The third-order valence-electron chi connectivity index (χ3n) is 3.73. The molecule has 23 heavy (non-hydrogen) atoms. The van der Waals surface area contributed by atoms with Crippen molar-refractivity contribution in [3.05, 3.63) is 75.2 Å². The first-order chi connectivity index (χ1) is 11.1. The molecular weight excluding hydrogens is 347 g/mol. The van der Waals surface area contributed by atoms with E-state index in [0.29, 0.717) is 0 Å². The van der Waals surface area contributed by atoms with Gasteiger partial charge in [0.1, 0.15) is 23.3 Å². The molecule has 0 unspecified atom stereocenters. The molecule has 2 aromatic carbocycles. The molecular formula is C18H17Cl2N2S+. The fourth-order valence-electron chi connectivity index (χ4n) is 2.43.